The Kier molecular flexibility index (Phi) is 2.62. The number of nitrogens with zero attached hydrogens (tertiary/aromatic N) is 2. The Hall–Kier alpha value is -0.870. The normalized spacial score (nSPS) is 10.0. The molecule has 1 aromatic rings. The van der Waals surface area contributed by atoms with E-state index in [0.29, 0.717) is 0 Å². The van der Waals surface area contributed by atoms with Gasteiger partial charge < -0.3 is 9.67 Å². The van der Waals surface area contributed by atoms with Crippen molar-refractivity contribution in [3.8, 4) is 0 Å². The molecule has 1 N–H and O–H groups in total. The van der Waals surface area contributed by atoms with Crippen LogP contribution in [0.2, 0.25) is 5.15 Å². The number of aromatic nitrogens is 2. The predicted molar refractivity (Wildman–Crippen MR) is 40.6 cm³/mol. The Morgan fingerprint density at radius 3 is 3.09 bits per heavy atom. The third-order valence-corrected chi connectivity index (χ3v) is 1.47. The molecule has 1 rings (SSSR count). The van der Waals surface area contributed by atoms with Crippen LogP contribution in [0.15, 0.2) is 17.2 Å². The first-order valence-electron chi connectivity index (χ1n) is 3.07. The summed E-state index contributed by atoms with van der Waals surface area (Å²) in [7, 11) is 0. The first-order chi connectivity index (χ1) is 5.25. The summed E-state index contributed by atoms with van der Waals surface area (Å²) in [6.07, 6.45) is 2.89. The fourth-order valence-electron chi connectivity index (χ4n) is 0.704. The lowest BCUT2D eigenvalue weighted by Crippen LogP contribution is -2.22. The lowest BCUT2D eigenvalue weighted by atomic mass is 10.6. The minimum absolute atomic E-state index is 0.0686. The molecule has 0 atom stereocenters. The molecule has 5 heteroatoms. The smallest absolute Gasteiger partial charge is 0.288 e. The molecular weight excluding hydrogens is 168 g/mol. The molecule has 0 aliphatic heterocycles. The standard InChI is InChI=1S/C6H7ClN2O2/c7-5-6(11)9(3-4-10)2-1-8-5/h1-2,10H,3-4H2. The van der Waals surface area contributed by atoms with Crippen LogP contribution in [-0.4, -0.2) is 21.3 Å². The molecule has 0 bridgehead atoms. The predicted octanol–water partition coefficient (Wildman–Crippen LogP) is -0.111. The molecule has 0 fully saturated rings. The third kappa shape index (κ3) is 1.78. The Morgan fingerprint density at radius 2 is 2.45 bits per heavy atom. The zero-order valence-corrected chi connectivity index (χ0v) is 6.45. The van der Waals surface area contributed by atoms with E-state index in [0.717, 1.165) is 0 Å². The fraction of sp³-hybridized carbons (Fsp3) is 0.333. The van der Waals surface area contributed by atoms with Crippen molar-refractivity contribution in [2.75, 3.05) is 6.61 Å². The van der Waals surface area contributed by atoms with E-state index in [-0.39, 0.29) is 23.9 Å². The van der Waals surface area contributed by atoms with E-state index in [1.807, 2.05) is 0 Å². The SMILES string of the molecule is O=c1c(Cl)nccn1CCO. The van der Waals surface area contributed by atoms with Crippen LogP contribution in [0.3, 0.4) is 0 Å². The second-order valence-electron chi connectivity index (χ2n) is 1.94. The van der Waals surface area contributed by atoms with Gasteiger partial charge in [0.1, 0.15) is 0 Å². The number of aliphatic hydroxyl groups excluding tert-OH is 1. The van der Waals surface area contributed by atoms with Gasteiger partial charge in [-0.1, -0.05) is 11.6 Å². The highest BCUT2D eigenvalue weighted by atomic mass is 35.5. The maximum Gasteiger partial charge on any atom is 0.288 e. The molecule has 0 saturated heterocycles. The summed E-state index contributed by atoms with van der Waals surface area (Å²) in [5, 5.41) is 8.44. The number of halogens is 1. The van der Waals surface area contributed by atoms with Gasteiger partial charge in [-0.25, -0.2) is 4.98 Å². The van der Waals surface area contributed by atoms with Crippen LogP contribution in [-0.2, 0) is 6.54 Å². The van der Waals surface area contributed by atoms with Gasteiger partial charge in [0.25, 0.3) is 5.56 Å². The summed E-state index contributed by atoms with van der Waals surface area (Å²) in [6.45, 7) is 0.168. The van der Waals surface area contributed by atoms with Crippen LogP contribution in [0, 0.1) is 0 Å². The van der Waals surface area contributed by atoms with Gasteiger partial charge in [-0.3, -0.25) is 4.79 Å². The number of hydrogen-bond acceptors (Lipinski definition) is 3. The van der Waals surface area contributed by atoms with Crippen LogP contribution >= 0.6 is 11.6 Å². The molecule has 60 valence electrons. The average molecular weight is 175 g/mol. The van der Waals surface area contributed by atoms with Crippen molar-refractivity contribution in [2.45, 2.75) is 6.54 Å². The minimum Gasteiger partial charge on any atom is -0.395 e. The zero-order chi connectivity index (χ0) is 8.27. The van der Waals surface area contributed by atoms with Crippen molar-refractivity contribution in [1.82, 2.24) is 9.55 Å². The minimum atomic E-state index is -0.372. The summed E-state index contributed by atoms with van der Waals surface area (Å²) in [5.41, 5.74) is -0.372. The van der Waals surface area contributed by atoms with E-state index in [2.05, 4.69) is 4.98 Å². The summed E-state index contributed by atoms with van der Waals surface area (Å²) in [6, 6.07) is 0. The maximum absolute atomic E-state index is 11.0. The van der Waals surface area contributed by atoms with Crippen LogP contribution in [0.25, 0.3) is 0 Å². The quantitative estimate of drug-likeness (QED) is 0.681. The molecule has 1 aromatic heterocycles. The van der Waals surface area contributed by atoms with Gasteiger partial charge in [-0.05, 0) is 0 Å². The Labute approximate surface area is 68.1 Å². The van der Waals surface area contributed by atoms with Crippen LogP contribution in [0.1, 0.15) is 0 Å². The molecule has 0 aliphatic carbocycles. The fourth-order valence-corrected chi connectivity index (χ4v) is 0.869. The van der Waals surface area contributed by atoms with Gasteiger partial charge in [-0.15, -0.1) is 0 Å². The van der Waals surface area contributed by atoms with Gasteiger partial charge in [0.15, 0.2) is 5.15 Å². The monoisotopic (exact) mass is 174 g/mol. The van der Waals surface area contributed by atoms with E-state index in [1.165, 1.54) is 17.0 Å². The maximum atomic E-state index is 11.0. The van der Waals surface area contributed by atoms with E-state index < -0.39 is 0 Å². The Bertz CT molecular complexity index is 297. The van der Waals surface area contributed by atoms with E-state index in [9.17, 15) is 4.79 Å². The molecule has 0 saturated carbocycles. The molecule has 0 radical (unpaired) electrons. The van der Waals surface area contributed by atoms with Crippen molar-refractivity contribution in [3.63, 3.8) is 0 Å². The van der Waals surface area contributed by atoms with Crippen LogP contribution in [0.4, 0.5) is 0 Å². The highest BCUT2D eigenvalue weighted by Gasteiger charge is 1.98. The highest BCUT2D eigenvalue weighted by molar-refractivity contribution is 6.29. The lowest BCUT2D eigenvalue weighted by molar-refractivity contribution is 0.274. The van der Waals surface area contributed by atoms with Crippen molar-refractivity contribution in [1.29, 1.82) is 0 Å². The summed E-state index contributed by atoms with van der Waals surface area (Å²) < 4.78 is 1.30. The van der Waals surface area contributed by atoms with Crippen molar-refractivity contribution in [2.24, 2.45) is 0 Å². The molecule has 0 amide bonds. The highest BCUT2D eigenvalue weighted by Crippen LogP contribution is 1.92. The third-order valence-electron chi connectivity index (χ3n) is 1.21. The molecule has 0 unspecified atom stereocenters. The summed E-state index contributed by atoms with van der Waals surface area (Å²) >= 11 is 5.42. The molecule has 0 aliphatic rings. The van der Waals surface area contributed by atoms with Crippen LogP contribution < -0.4 is 5.56 Å². The van der Waals surface area contributed by atoms with Gasteiger partial charge in [0.2, 0.25) is 0 Å². The van der Waals surface area contributed by atoms with E-state index >= 15 is 0 Å². The molecule has 0 spiro atoms. The van der Waals surface area contributed by atoms with Crippen molar-refractivity contribution in [3.05, 3.63) is 27.9 Å². The van der Waals surface area contributed by atoms with E-state index in [1.54, 1.807) is 0 Å². The van der Waals surface area contributed by atoms with Crippen molar-refractivity contribution < 1.29 is 5.11 Å². The largest absolute Gasteiger partial charge is 0.395 e. The second kappa shape index (κ2) is 3.50. The summed E-state index contributed by atoms with van der Waals surface area (Å²) in [5.74, 6) is 0. The molecule has 4 nitrogen and oxygen atoms in total. The second-order valence-corrected chi connectivity index (χ2v) is 2.30. The molecule has 11 heavy (non-hydrogen) atoms. The Balaban J connectivity index is 3.07. The average Bonchev–Trinajstić information content (AvgIpc) is 1.99. The number of hydrogen-bond donors (Lipinski definition) is 1. The Morgan fingerprint density at radius 1 is 1.73 bits per heavy atom. The zero-order valence-electron chi connectivity index (χ0n) is 5.70. The van der Waals surface area contributed by atoms with Gasteiger partial charge in [0.05, 0.1) is 6.61 Å². The molecule has 1 heterocycles. The van der Waals surface area contributed by atoms with Gasteiger partial charge in [0, 0.05) is 18.9 Å². The summed E-state index contributed by atoms with van der Waals surface area (Å²) in [4.78, 5) is 14.6. The number of rotatable bonds is 2. The molecular formula is C6H7ClN2O2. The topological polar surface area (TPSA) is 55.1 Å². The molecule has 0 aromatic carbocycles. The lowest BCUT2D eigenvalue weighted by Gasteiger charge is -2.00. The first kappa shape index (κ1) is 8.23. The van der Waals surface area contributed by atoms with Gasteiger partial charge >= 0.3 is 0 Å². The van der Waals surface area contributed by atoms with Crippen LogP contribution in [0.5, 0.6) is 0 Å². The van der Waals surface area contributed by atoms with Gasteiger partial charge in [-0.2, -0.15) is 0 Å². The number of aliphatic hydroxyl groups is 1. The van der Waals surface area contributed by atoms with E-state index in [4.69, 9.17) is 16.7 Å². The van der Waals surface area contributed by atoms with Crippen molar-refractivity contribution >= 4 is 11.6 Å². The first-order valence-corrected chi connectivity index (χ1v) is 3.45.